The maximum absolute atomic E-state index is 12.5. The van der Waals surface area contributed by atoms with Crippen molar-refractivity contribution in [2.75, 3.05) is 39.3 Å². The van der Waals surface area contributed by atoms with Gasteiger partial charge < -0.3 is 9.64 Å². The first kappa shape index (κ1) is 14.2. The third-order valence-corrected chi connectivity index (χ3v) is 4.98. The van der Waals surface area contributed by atoms with Gasteiger partial charge in [0.05, 0.1) is 6.10 Å². The second-order valence-electron chi connectivity index (χ2n) is 6.71. The summed E-state index contributed by atoms with van der Waals surface area (Å²) in [6.45, 7) is 5.37. The van der Waals surface area contributed by atoms with E-state index in [-0.39, 0.29) is 5.91 Å². The average Bonchev–Trinajstić information content (AvgIpc) is 3.06. The molecule has 4 rings (SSSR count). The van der Waals surface area contributed by atoms with Crippen LogP contribution >= 0.6 is 0 Å². The number of carbonyl (C=O) groups is 1. The van der Waals surface area contributed by atoms with Gasteiger partial charge in [-0.1, -0.05) is 0 Å². The lowest BCUT2D eigenvalue weighted by Crippen LogP contribution is -2.50. The number of nitrogens with one attached hydrogen (secondary N) is 1. The van der Waals surface area contributed by atoms with Gasteiger partial charge in [-0.3, -0.25) is 14.8 Å². The third kappa shape index (κ3) is 3.03. The Morgan fingerprint density at radius 1 is 1.27 bits per heavy atom. The lowest BCUT2D eigenvalue weighted by atomic mass is 10.2. The molecule has 2 saturated heterocycles. The molecule has 1 aromatic heterocycles. The van der Waals surface area contributed by atoms with Gasteiger partial charge in [0, 0.05) is 50.9 Å². The van der Waals surface area contributed by atoms with Crippen molar-refractivity contribution >= 4 is 5.91 Å². The van der Waals surface area contributed by atoms with Crippen LogP contribution in [-0.2, 0) is 4.74 Å². The number of amides is 1. The summed E-state index contributed by atoms with van der Waals surface area (Å²) in [7, 11) is 0. The molecular formula is C16H24N4O2. The first-order chi connectivity index (χ1) is 10.8. The van der Waals surface area contributed by atoms with E-state index in [9.17, 15) is 4.79 Å². The molecule has 2 aliphatic heterocycles. The molecule has 6 nitrogen and oxygen atoms in total. The van der Waals surface area contributed by atoms with E-state index >= 15 is 0 Å². The Hall–Kier alpha value is -1.40. The smallest absolute Gasteiger partial charge is 0.274 e. The molecular weight excluding hydrogens is 280 g/mol. The Morgan fingerprint density at radius 3 is 2.77 bits per heavy atom. The highest BCUT2D eigenvalue weighted by molar-refractivity contribution is 5.92. The molecule has 3 aliphatic rings. The summed E-state index contributed by atoms with van der Waals surface area (Å²) in [5, 5.41) is 7.23. The number of ether oxygens (including phenoxy) is 1. The van der Waals surface area contributed by atoms with Crippen LogP contribution in [0.15, 0.2) is 6.07 Å². The fourth-order valence-corrected chi connectivity index (χ4v) is 3.42. The van der Waals surface area contributed by atoms with Crippen molar-refractivity contribution in [1.29, 1.82) is 0 Å². The lowest BCUT2D eigenvalue weighted by molar-refractivity contribution is 0.0430. The van der Waals surface area contributed by atoms with Gasteiger partial charge in [0.25, 0.3) is 5.91 Å². The van der Waals surface area contributed by atoms with Gasteiger partial charge in [0.2, 0.25) is 0 Å². The zero-order chi connectivity index (χ0) is 14.9. The van der Waals surface area contributed by atoms with E-state index in [4.69, 9.17) is 4.74 Å². The molecule has 0 bridgehead atoms. The monoisotopic (exact) mass is 304 g/mol. The molecule has 1 saturated carbocycles. The Balaban J connectivity index is 1.29. The normalized spacial score (nSPS) is 26.5. The summed E-state index contributed by atoms with van der Waals surface area (Å²) in [6.07, 6.45) is 5.20. The van der Waals surface area contributed by atoms with Crippen LogP contribution in [0.3, 0.4) is 0 Å². The zero-order valence-electron chi connectivity index (χ0n) is 13.0. The summed E-state index contributed by atoms with van der Waals surface area (Å²) >= 11 is 0. The summed E-state index contributed by atoms with van der Waals surface area (Å²) < 4.78 is 5.69. The minimum absolute atomic E-state index is 0.0694. The topological polar surface area (TPSA) is 61.5 Å². The second kappa shape index (κ2) is 6.01. The number of piperazine rings is 1. The van der Waals surface area contributed by atoms with E-state index in [2.05, 4.69) is 15.1 Å². The summed E-state index contributed by atoms with van der Waals surface area (Å²) in [5.74, 6) is 0.678. The molecule has 0 aromatic carbocycles. The van der Waals surface area contributed by atoms with Crippen molar-refractivity contribution < 1.29 is 9.53 Å². The largest absolute Gasteiger partial charge is 0.377 e. The molecule has 1 atom stereocenters. The fraction of sp³-hybridized carbons (Fsp3) is 0.750. The number of aromatic nitrogens is 2. The van der Waals surface area contributed by atoms with Gasteiger partial charge in [0.1, 0.15) is 5.69 Å². The van der Waals surface area contributed by atoms with Gasteiger partial charge in [0.15, 0.2) is 0 Å². The standard InChI is InChI=1S/C16H24N4O2/c21-16(15-10-14(17-18-15)12-3-4-12)20-7-5-19(6-8-20)11-13-2-1-9-22-13/h10,12-13H,1-9,11H2,(H,17,18). The number of H-pyrrole nitrogens is 1. The fourth-order valence-electron chi connectivity index (χ4n) is 3.42. The Kier molecular flexibility index (Phi) is 3.88. The van der Waals surface area contributed by atoms with Crippen LogP contribution in [0, 0.1) is 0 Å². The quantitative estimate of drug-likeness (QED) is 0.909. The highest BCUT2D eigenvalue weighted by Gasteiger charge is 2.29. The molecule has 1 amide bonds. The molecule has 6 heteroatoms. The van der Waals surface area contributed by atoms with E-state index in [0.29, 0.717) is 17.7 Å². The Bertz CT molecular complexity index is 526. The Labute approximate surface area is 130 Å². The predicted molar refractivity (Wildman–Crippen MR) is 81.9 cm³/mol. The number of hydrogen-bond acceptors (Lipinski definition) is 4. The van der Waals surface area contributed by atoms with Gasteiger partial charge >= 0.3 is 0 Å². The van der Waals surface area contributed by atoms with Crippen molar-refractivity contribution in [3.8, 4) is 0 Å². The van der Waals surface area contributed by atoms with E-state index < -0.39 is 0 Å². The predicted octanol–water partition coefficient (Wildman–Crippen LogP) is 1.22. The number of nitrogens with zero attached hydrogens (tertiary/aromatic N) is 3. The molecule has 3 heterocycles. The molecule has 3 fully saturated rings. The van der Waals surface area contributed by atoms with Crippen LogP contribution < -0.4 is 0 Å². The van der Waals surface area contributed by atoms with Crippen molar-refractivity contribution in [1.82, 2.24) is 20.0 Å². The van der Waals surface area contributed by atoms with Crippen molar-refractivity contribution in [2.45, 2.75) is 37.7 Å². The average molecular weight is 304 g/mol. The molecule has 0 spiro atoms. The van der Waals surface area contributed by atoms with Crippen LogP contribution in [-0.4, -0.2) is 71.3 Å². The van der Waals surface area contributed by atoms with Gasteiger partial charge in [-0.05, 0) is 31.7 Å². The number of aromatic amines is 1. The second-order valence-corrected chi connectivity index (χ2v) is 6.71. The Morgan fingerprint density at radius 2 is 2.09 bits per heavy atom. The molecule has 1 unspecified atom stereocenters. The number of carbonyl (C=O) groups excluding carboxylic acids is 1. The minimum atomic E-state index is 0.0694. The molecule has 120 valence electrons. The summed E-state index contributed by atoms with van der Waals surface area (Å²) in [5.41, 5.74) is 1.70. The summed E-state index contributed by atoms with van der Waals surface area (Å²) in [6, 6.07) is 1.94. The van der Waals surface area contributed by atoms with Crippen LogP contribution in [0.4, 0.5) is 0 Å². The van der Waals surface area contributed by atoms with Gasteiger partial charge in [-0.15, -0.1) is 0 Å². The van der Waals surface area contributed by atoms with Crippen molar-refractivity contribution in [2.24, 2.45) is 0 Å². The van der Waals surface area contributed by atoms with E-state index in [1.165, 1.54) is 25.7 Å². The highest BCUT2D eigenvalue weighted by Crippen LogP contribution is 2.39. The molecule has 1 aromatic rings. The first-order valence-electron chi connectivity index (χ1n) is 8.48. The summed E-state index contributed by atoms with van der Waals surface area (Å²) in [4.78, 5) is 16.9. The van der Waals surface area contributed by atoms with Gasteiger partial charge in [-0.25, -0.2) is 0 Å². The van der Waals surface area contributed by atoms with E-state index in [1.54, 1.807) is 0 Å². The van der Waals surface area contributed by atoms with Crippen LogP contribution in [0.5, 0.6) is 0 Å². The van der Waals surface area contributed by atoms with Crippen LogP contribution in [0.2, 0.25) is 0 Å². The van der Waals surface area contributed by atoms with Crippen LogP contribution in [0.25, 0.3) is 0 Å². The number of rotatable bonds is 4. The lowest BCUT2D eigenvalue weighted by Gasteiger charge is -2.35. The van der Waals surface area contributed by atoms with Crippen molar-refractivity contribution in [3.05, 3.63) is 17.5 Å². The molecule has 1 aliphatic carbocycles. The minimum Gasteiger partial charge on any atom is -0.377 e. The molecule has 1 N–H and O–H groups in total. The van der Waals surface area contributed by atoms with Crippen LogP contribution in [0.1, 0.15) is 47.8 Å². The maximum atomic E-state index is 12.5. The third-order valence-electron chi connectivity index (χ3n) is 4.98. The van der Waals surface area contributed by atoms with E-state index in [1.807, 2.05) is 11.0 Å². The number of hydrogen-bond donors (Lipinski definition) is 1. The van der Waals surface area contributed by atoms with Gasteiger partial charge in [-0.2, -0.15) is 5.10 Å². The highest BCUT2D eigenvalue weighted by atomic mass is 16.5. The molecule has 22 heavy (non-hydrogen) atoms. The SMILES string of the molecule is O=C(c1cc(C2CC2)[nH]n1)N1CCN(CC2CCCO2)CC1. The zero-order valence-corrected chi connectivity index (χ0v) is 13.0. The first-order valence-corrected chi connectivity index (χ1v) is 8.48. The maximum Gasteiger partial charge on any atom is 0.274 e. The molecule has 0 radical (unpaired) electrons. The van der Waals surface area contributed by atoms with Crippen molar-refractivity contribution in [3.63, 3.8) is 0 Å². The van der Waals surface area contributed by atoms with E-state index in [0.717, 1.165) is 45.0 Å².